The van der Waals surface area contributed by atoms with Gasteiger partial charge in [-0.25, -0.2) is 0 Å². The average Bonchev–Trinajstić information content (AvgIpc) is 3.37. The third kappa shape index (κ3) is 3.96. The summed E-state index contributed by atoms with van der Waals surface area (Å²) in [4.78, 5) is 5.33. The standard InChI is InChI=1S/C20H29ClN2O/c21-19-5-3-18(4-6-19)20(7-8-20)16-23-9-1-2-17(15-23)14-22-10-12-24-13-11-22/h3-6,17H,1-2,7-16H2/t17-/m0/s1. The molecule has 0 aromatic heterocycles. The van der Waals surface area contributed by atoms with E-state index in [4.69, 9.17) is 16.3 Å². The zero-order chi connectivity index (χ0) is 16.4. The molecule has 3 aliphatic rings. The summed E-state index contributed by atoms with van der Waals surface area (Å²) in [6.45, 7) is 9.09. The summed E-state index contributed by atoms with van der Waals surface area (Å²) in [6, 6.07) is 8.58. The summed E-state index contributed by atoms with van der Waals surface area (Å²) in [5, 5.41) is 0.845. The van der Waals surface area contributed by atoms with Crippen LogP contribution < -0.4 is 0 Å². The highest BCUT2D eigenvalue weighted by Crippen LogP contribution is 2.49. The summed E-state index contributed by atoms with van der Waals surface area (Å²) in [6.07, 6.45) is 5.41. The molecule has 3 nitrogen and oxygen atoms in total. The monoisotopic (exact) mass is 348 g/mol. The Hall–Kier alpha value is -0.610. The third-order valence-electron chi connectivity index (χ3n) is 6.06. The van der Waals surface area contributed by atoms with Gasteiger partial charge in [0.25, 0.3) is 0 Å². The quantitative estimate of drug-likeness (QED) is 0.811. The van der Waals surface area contributed by atoms with Crippen molar-refractivity contribution in [3.63, 3.8) is 0 Å². The van der Waals surface area contributed by atoms with E-state index in [1.54, 1.807) is 0 Å². The molecule has 2 saturated heterocycles. The Kier molecular flexibility index (Phi) is 5.14. The minimum absolute atomic E-state index is 0.408. The Morgan fingerprint density at radius 3 is 2.50 bits per heavy atom. The fraction of sp³-hybridized carbons (Fsp3) is 0.700. The van der Waals surface area contributed by atoms with Crippen LogP contribution in [-0.4, -0.2) is 62.3 Å². The number of piperidine rings is 1. The van der Waals surface area contributed by atoms with Crippen LogP contribution in [0.2, 0.25) is 5.02 Å². The summed E-state index contributed by atoms with van der Waals surface area (Å²) in [7, 11) is 0. The molecule has 1 aliphatic carbocycles. The maximum Gasteiger partial charge on any atom is 0.0594 e. The van der Waals surface area contributed by atoms with Gasteiger partial charge in [-0.3, -0.25) is 4.90 Å². The van der Waals surface area contributed by atoms with Crippen molar-refractivity contribution in [1.29, 1.82) is 0 Å². The summed E-state index contributed by atoms with van der Waals surface area (Å²) in [5.74, 6) is 0.831. The zero-order valence-electron chi connectivity index (χ0n) is 14.6. The second-order valence-electron chi connectivity index (χ2n) is 7.94. The van der Waals surface area contributed by atoms with Gasteiger partial charge in [0.1, 0.15) is 0 Å². The SMILES string of the molecule is Clc1ccc(C2(CN3CCC[C@@H](CN4CCOCC4)C3)CC2)cc1. The van der Waals surface area contributed by atoms with E-state index in [2.05, 4.69) is 21.9 Å². The maximum atomic E-state index is 6.06. The van der Waals surface area contributed by atoms with Crippen molar-refractivity contribution in [2.24, 2.45) is 5.92 Å². The van der Waals surface area contributed by atoms with E-state index < -0.39 is 0 Å². The zero-order valence-corrected chi connectivity index (χ0v) is 15.3. The maximum absolute atomic E-state index is 6.06. The molecule has 0 bridgehead atoms. The molecular formula is C20H29ClN2O. The fourth-order valence-corrected chi connectivity index (χ4v) is 4.64. The molecule has 0 N–H and O–H groups in total. The van der Waals surface area contributed by atoms with E-state index in [-0.39, 0.29) is 0 Å². The van der Waals surface area contributed by atoms with Gasteiger partial charge in [0.05, 0.1) is 13.2 Å². The largest absolute Gasteiger partial charge is 0.379 e. The van der Waals surface area contributed by atoms with Crippen LogP contribution in [0.4, 0.5) is 0 Å². The van der Waals surface area contributed by atoms with Gasteiger partial charge in [0.15, 0.2) is 0 Å². The van der Waals surface area contributed by atoms with Crippen molar-refractivity contribution in [1.82, 2.24) is 9.80 Å². The first-order chi connectivity index (χ1) is 11.7. The van der Waals surface area contributed by atoms with Crippen LogP contribution in [0.1, 0.15) is 31.2 Å². The van der Waals surface area contributed by atoms with Gasteiger partial charge in [0, 0.05) is 43.2 Å². The highest BCUT2D eigenvalue weighted by atomic mass is 35.5. The van der Waals surface area contributed by atoms with Crippen LogP contribution in [0.5, 0.6) is 0 Å². The molecule has 1 atom stereocenters. The lowest BCUT2D eigenvalue weighted by Gasteiger charge is -2.38. The summed E-state index contributed by atoms with van der Waals surface area (Å²) < 4.78 is 5.48. The third-order valence-corrected chi connectivity index (χ3v) is 6.31. The van der Waals surface area contributed by atoms with Gasteiger partial charge in [-0.15, -0.1) is 0 Å². The molecule has 0 amide bonds. The van der Waals surface area contributed by atoms with Crippen molar-refractivity contribution in [3.05, 3.63) is 34.9 Å². The summed E-state index contributed by atoms with van der Waals surface area (Å²) in [5.41, 5.74) is 1.90. The lowest BCUT2D eigenvalue weighted by Crippen LogP contribution is -2.46. The molecule has 1 aromatic carbocycles. The lowest BCUT2D eigenvalue weighted by molar-refractivity contribution is 0.0223. The Morgan fingerprint density at radius 1 is 1.04 bits per heavy atom. The first-order valence-electron chi connectivity index (χ1n) is 9.52. The lowest BCUT2D eigenvalue weighted by atomic mass is 9.92. The molecule has 4 heteroatoms. The molecule has 3 fully saturated rings. The normalized spacial score (nSPS) is 28.0. The number of nitrogens with zero attached hydrogens (tertiary/aromatic N) is 2. The van der Waals surface area contributed by atoms with Crippen LogP contribution in [0.15, 0.2) is 24.3 Å². The van der Waals surface area contributed by atoms with Crippen LogP contribution in [0, 0.1) is 5.92 Å². The van der Waals surface area contributed by atoms with Gasteiger partial charge in [0.2, 0.25) is 0 Å². The highest BCUT2D eigenvalue weighted by molar-refractivity contribution is 6.30. The molecule has 1 saturated carbocycles. The molecule has 132 valence electrons. The molecule has 24 heavy (non-hydrogen) atoms. The van der Waals surface area contributed by atoms with Crippen molar-refractivity contribution < 1.29 is 4.74 Å². The van der Waals surface area contributed by atoms with Gasteiger partial charge < -0.3 is 9.64 Å². The van der Waals surface area contributed by atoms with Crippen molar-refractivity contribution in [3.8, 4) is 0 Å². The molecular weight excluding hydrogens is 320 g/mol. The van der Waals surface area contributed by atoms with E-state index in [1.807, 2.05) is 12.1 Å². The minimum Gasteiger partial charge on any atom is -0.379 e. The van der Waals surface area contributed by atoms with E-state index in [0.29, 0.717) is 5.41 Å². The first kappa shape index (κ1) is 16.8. The predicted molar refractivity (Wildman–Crippen MR) is 98.8 cm³/mol. The second-order valence-corrected chi connectivity index (χ2v) is 8.38. The molecule has 0 spiro atoms. The number of likely N-dealkylation sites (tertiary alicyclic amines) is 1. The predicted octanol–water partition coefficient (Wildman–Crippen LogP) is 3.42. The Balaban J connectivity index is 1.33. The Morgan fingerprint density at radius 2 is 1.79 bits per heavy atom. The van der Waals surface area contributed by atoms with Crippen molar-refractivity contribution in [2.75, 3.05) is 52.5 Å². The molecule has 2 heterocycles. The number of rotatable bonds is 5. The van der Waals surface area contributed by atoms with Crippen LogP contribution in [-0.2, 0) is 10.2 Å². The molecule has 2 aliphatic heterocycles. The Bertz CT molecular complexity index is 537. The first-order valence-corrected chi connectivity index (χ1v) is 9.90. The van der Waals surface area contributed by atoms with Gasteiger partial charge in [-0.05, 0) is 55.8 Å². The smallest absolute Gasteiger partial charge is 0.0594 e. The highest BCUT2D eigenvalue weighted by Gasteiger charge is 2.45. The number of ether oxygens (including phenoxy) is 1. The average molecular weight is 349 g/mol. The van der Waals surface area contributed by atoms with Crippen molar-refractivity contribution in [2.45, 2.75) is 31.1 Å². The second kappa shape index (κ2) is 7.33. The van der Waals surface area contributed by atoms with Crippen molar-refractivity contribution >= 4 is 11.6 Å². The van der Waals surface area contributed by atoms with E-state index in [1.165, 1.54) is 57.4 Å². The minimum atomic E-state index is 0.408. The molecule has 0 radical (unpaired) electrons. The number of benzene rings is 1. The topological polar surface area (TPSA) is 15.7 Å². The van der Waals surface area contributed by atoms with Gasteiger partial charge >= 0.3 is 0 Å². The van der Waals surface area contributed by atoms with Gasteiger partial charge in [-0.2, -0.15) is 0 Å². The van der Waals surface area contributed by atoms with Crippen LogP contribution in [0.25, 0.3) is 0 Å². The fourth-order valence-electron chi connectivity index (χ4n) is 4.51. The Labute approximate surface area is 150 Å². The molecule has 0 unspecified atom stereocenters. The number of hydrogen-bond donors (Lipinski definition) is 0. The number of morpholine rings is 1. The number of halogens is 1. The van der Waals surface area contributed by atoms with E-state index in [9.17, 15) is 0 Å². The van der Waals surface area contributed by atoms with Crippen LogP contribution >= 0.6 is 11.6 Å². The van der Waals surface area contributed by atoms with Crippen LogP contribution in [0.3, 0.4) is 0 Å². The number of hydrogen-bond acceptors (Lipinski definition) is 3. The molecule has 4 rings (SSSR count). The summed E-state index contributed by atoms with van der Waals surface area (Å²) >= 11 is 6.06. The van der Waals surface area contributed by atoms with E-state index in [0.717, 1.165) is 37.2 Å². The van der Waals surface area contributed by atoms with Gasteiger partial charge in [-0.1, -0.05) is 23.7 Å². The molecule has 1 aromatic rings. The van der Waals surface area contributed by atoms with E-state index >= 15 is 0 Å².